The van der Waals surface area contributed by atoms with Gasteiger partial charge in [0.1, 0.15) is 0 Å². The van der Waals surface area contributed by atoms with Crippen molar-refractivity contribution in [2.24, 2.45) is 17.6 Å². The third-order valence-corrected chi connectivity index (χ3v) is 7.28. The van der Waals surface area contributed by atoms with Crippen molar-refractivity contribution in [2.45, 2.75) is 69.4 Å². The Balaban J connectivity index is 1.86. The van der Waals surface area contributed by atoms with E-state index in [9.17, 15) is 13.6 Å². The van der Waals surface area contributed by atoms with E-state index >= 15 is 0 Å². The number of carbonyl (C=O) groups is 1. The number of methoxy groups -OCH3 is 1. The molecule has 0 heterocycles. The molecule has 2 aliphatic carbocycles. The van der Waals surface area contributed by atoms with E-state index in [1.54, 1.807) is 13.2 Å². The van der Waals surface area contributed by atoms with Crippen LogP contribution in [0.2, 0.25) is 0 Å². The van der Waals surface area contributed by atoms with Gasteiger partial charge in [0, 0.05) is 44.0 Å². The second kappa shape index (κ2) is 8.68. The van der Waals surface area contributed by atoms with Gasteiger partial charge in [0.2, 0.25) is 11.8 Å². The van der Waals surface area contributed by atoms with E-state index in [0.29, 0.717) is 18.4 Å². The Morgan fingerprint density at radius 2 is 1.93 bits per heavy atom. The normalized spacial score (nSPS) is 30.4. The Morgan fingerprint density at radius 1 is 1.24 bits per heavy atom. The van der Waals surface area contributed by atoms with Gasteiger partial charge in [0.25, 0.3) is 0 Å². The number of primary amides is 1. The van der Waals surface area contributed by atoms with Gasteiger partial charge in [-0.15, -0.1) is 0 Å². The highest BCUT2D eigenvalue weighted by atomic mass is 19.3. The largest absolute Gasteiger partial charge is 0.373 e. The van der Waals surface area contributed by atoms with E-state index in [-0.39, 0.29) is 30.7 Å². The van der Waals surface area contributed by atoms with E-state index < -0.39 is 17.4 Å². The van der Waals surface area contributed by atoms with Crippen molar-refractivity contribution in [3.8, 4) is 0 Å². The predicted molar refractivity (Wildman–Crippen MR) is 110 cm³/mol. The van der Waals surface area contributed by atoms with Crippen molar-refractivity contribution >= 4 is 5.91 Å². The first-order chi connectivity index (χ1) is 13.7. The molecule has 0 radical (unpaired) electrons. The summed E-state index contributed by atoms with van der Waals surface area (Å²) in [5.41, 5.74) is 6.47. The molecule has 2 fully saturated rings. The zero-order chi connectivity index (χ0) is 21.2. The fraction of sp³-hybridized carbons (Fsp3) is 0.696. The van der Waals surface area contributed by atoms with Gasteiger partial charge in [0.15, 0.2) is 0 Å². The Morgan fingerprint density at radius 3 is 2.55 bits per heavy atom. The zero-order valence-electron chi connectivity index (χ0n) is 17.8. The lowest BCUT2D eigenvalue weighted by Crippen LogP contribution is -2.51. The zero-order valence-corrected chi connectivity index (χ0v) is 17.8. The van der Waals surface area contributed by atoms with Crippen molar-refractivity contribution < 1.29 is 18.3 Å². The molecule has 29 heavy (non-hydrogen) atoms. The van der Waals surface area contributed by atoms with Crippen LogP contribution in [-0.4, -0.2) is 43.5 Å². The van der Waals surface area contributed by atoms with Crippen molar-refractivity contribution in [1.82, 2.24) is 4.90 Å². The lowest BCUT2D eigenvalue weighted by atomic mass is 9.65. The van der Waals surface area contributed by atoms with E-state index in [1.807, 2.05) is 25.2 Å². The van der Waals surface area contributed by atoms with Crippen LogP contribution in [0.25, 0.3) is 0 Å². The third kappa shape index (κ3) is 4.48. The number of hydrogen-bond acceptors (Lipinski definition) is 3. The molecule has 3 unspecified atom stereocenters. The van der Waals surface area contributed by atoms with Gasteiger partial charge in [-0.2, -0.15) is 0 Å². The molecule has 6 heteroatoms. The van der Waals surface area contributed by atoms with Crippen LogP contribution in [0.15, 0.2) is 24.3 Å². The maximum absolute atomic E-state index is 13.6. The number of ether oxygens (including phenoxy) is 1. The molecule has 1 amide bonds. The lowest BCUT2D eigenvalue weighted by Gasteiger charge is -2.50. The second-order valence-corrected chi connectivity index (χ2v) is 9.00. The summed E-state index contributed by atoms with van der Waals surface area (Å²) < 4.78 is 33.4. The van der Waals surface area contributed by atoms with Crippen LogP contribution in [0.4, 0.5) is 8.78 Å². The number of halogens is 2. The third-order valence-electron chi connectivity index (χ3n) is 7.28. The Kier molecular flexibility index (Phi) is 6.64. The molecule has 1 aromatic carbocycles. The number of benzene rings is 1. The number of rotatable bonds is 6. The van der Waals surface area contributed by atoms with Gasteiger partial charge in [-0.3, -0.25) is 4.79 Å². The lowest BCUT2D eigenvalue weighted by molar-refractivity contribution is -0.135. The van der Waals surface area contributed by atoms with Gasteiger partial charge in [-0.1, -0.05) is 25.5 Å². The van der Waals surface area contributed by atoms with Crippen LogP contribution in [0.1, 0.15) is 67.8 Å². The molecule has 2 N–H and O–H groups in total. The van der Waals surface area contributed by atoms with Crippen LogP contribution in [0, 0.1) is 11.8 Å². The summed E-state index contributed by atoms with van der Waals surface area (Å²) in [6, 6.07) is 7.65. The minimum Gasteiger partial charge on any atom is -0.373 e. The van der Waals surface area contributed by atoms with Crippen molar-refractivity contribution in [3.05, 3.63) is 35.4 Å². The topological polar surface area (TPSA) is 55.6 Å². The summed E-state index contributed by atoms with van der Waals surface area (Å²) in [5.74, 6) is -2.47. The Hall–Kier alpha value is -1.53. The average Bonchev–Trinajstić information content (AvgIpc) is 2.68. The summed E-state index contributed by atoms with van der Waals surface area (Å²) in [7, 11) is 3.79. The summed E-state index contributed by atoms with van der Waals surface area (Å²) >= 11 is 0. The Labute approximate surface area is 172 Å². The highest BCUT2D eigenvalue weighted by Crippen LogP contribution is 2.49. The van der Waals surface area contributed by atoms with Crippen LogP contribution in [0.5, 0.6) is 0 Å². The number of alkyl halides is 2. The molecule has 0 spiro atoms. The number of nitrogens with zero attached hydrogens (tertiary/aromatic N) is 1. The molecule has 0 aliphatic heterocycles. The molecule has 3 atom stereocenters. The second-order valence-electron chi connectivity index (χ2n) is 9.00. The smallest absolute Gasteiger partial charge is 0.248 e. The first-order valence-electron chi connectivity index (χ1n) is 10.7. The van der Waals surface area contributed by atoms with Crippen molar-refractivity contribution in [1.29, 1.82) is 0 Å². The number of hydrogen-bond donors (Lipinski definition) is 1. The number of nitrogens with two attached hydrogens (primary N) is 1. The Bertz CT molecular complexity index is 717. The van der Waals surface area contributed by atoms with Crippen LogP contribution < -0.4 is 5.73 Å². The fourth-order valence-corrected chi connectivity index (χ4v) is 5.61. The molecule has 162 valence electrons. The molecule has 0 bridgehead atoms. The highest BCUT2D eigenvalue weighted by molar-refractivity contribution is 5.92. The fourth-order valence-electron chi connectivity index (χ4n) is 5.61. The minimum absolute atomic E-state index is 0.0286. The predicted octanol–water partition coefficient (Wildman–Crippen LogP) is 4.57. The van der Waals surface area contributed by atoms with Gasteiger partial charge < -0.3 is 15.4 Å². The summed E-state index contributed by atoms with van der Waals surface area (Å²) in [6.07, 6.45) is 4.17. The van der Waals surface area contributed by atoms with Crippen molar-refractivity contribution in [2.75, 3.05) is 20.7 Å². The summed E-state index contributed by atoms with van der Waals surface area (Å²) in [5, 5.41) is 0. The molecule has 0 aromatic heterocycles. The SMILES string of the molecule is COC1(c2cccc(C(N)=O)c2)C(C)CCCC1CN(C)C1CCC(F)(F)CC1. The number of amides is 1. The number of carbonyl (C=O) groups excluding carboxylic acids is 1. The van der Waals surface area contributed by atoms with Crippen molar-refractivity contribution in [3.63, 3.8) is 0 Å². The standard InChI is InChI=1S/C23H34F2N2O2/c1-16-6-4-9-19(15-27(2)20-10-12-22(24,25)13-11-20)23(16,29-3)18-8-5-7-17(14-18)21(26)28/h5,7-8,14,16,19-20H,4,6,9-13,15H2,1-3H3,(H2,26,28). The minimum atomic E-state index is -2.51. The first-order valence-corrected chi connectivity index (χ1v) is 10.7. The highest BCUT2D eigenvalue weighted by Gasteiger charge is 2.48. The molecule has 2 saturated carbocycles. The average molecular weight is 409 g/mol. The molecule has 2 aliphatic rings. The molecule has 4 nitrogen and oxygen atoms in total. The van der Waals surface area contributed by atoms with Gasteiger partial charge in [0.05, 0.1) is 5.60 Å². The molecular weight excluding hydrogens is 374 g/mol. The summed E-state index contributed by atoms with van der Waals surface area (Å²) in [6.45, 7) is 2.99. The van der Waals surface area contributed by atoms with E-state index in [1.165, 1.54) is 0 Å². The molecule has 1 aromatic rings. The van der Waals surface area contributed by atoms with Crippen LogP contribution in [-0.2, 0) is 10.3 Å². The van der Waals surface area contributed by atoms with Gasteiger partial charge in [-0.25, -0.2) is 8.78 Å². The molecular formula is C23H34F2N2O2. The first kappa shape index (κ1) is 22.2. The molecule has 3 rings (SSSR count). The van der Waals surface area contributed by atoms with E-state index in [4.69, 9.17) is 10.5 Å². The van der Waals surface area contributed by atoms with E-state index in [0.717, 1.165) is 31.4 Å². The van der Waals surface area contributed by atoms with E-state index in [2.05, 4.69) is 11.8 Å². The maximum atomic E-state index is 13.6. The van der Waals surface area contributed by atoms with Gasteiger partial charge >= 0.3 is 0 Å². The van der Waals surface area contributed by atoms with Crippen LogP contribution >= 0.6 is 0 Å². The molecule has 0 saturated heterocycles. The monoisotopic (exact) mass is 408 g/mol. The van der Waals surface area contributed by atoms with Crippen LogP contribution in [0.3, 0.4) is 0 Å². The maximum Gasteiger partial charge on any atom is 0.248 e. The quantitative estimate of drug-likeness (QED) is 0.750. The van der Waals surface area contributed by atoms with Gasteiger partial charge in [-0.05, 0) is 56.3 Å². The summed E-state index contributed by atoms with van der Waals surface area (Å²) in [4.78, 5) is 14.0.